The largest absolute Gasteiger partial charge is 0.368 e. The number of hydrogen-bond donors (Lipinski definition) is 1. The minimum atomic E-state index is -0.673. The van der Waals surface area contributed by atoms with Gasteiger partial charge in [0.25, 0.3) is 0 Å². The van der Waals surface area contributed by atoms with E-state index in [4.69, 9.17) is 4.74 Å². The van der Waals surface area contributed by atoms with Crippen LogP contribution in [-0.4, -0.2) is 23.3 Å². The van der Waals surface area contributed by atoms with E-state index in [1.54, 1.807) is 6.92 Å². The standard InChI is InChI=1S/C10H18O3/c1-4-8(7(3)11)10-6(2)5-9(12)13-10/h6,8-10,12H,4-5H2,1-3H3/t6-,8-,9?,10?/m1/s1. The SMILES string of the molecule is CC[C@H](C(C)=O)C1OC(O)C[C@H]1C. The van der Waals surface area contributed by atoms with Crippen LogP contribution < -0.4 is 0 Å². The summed E-state index contributed by atoms with van der Waals surface area (Å²) in [6.45, 7) is 5.59. The Labute approximate surface area is 79.1 Å². The maximum Gasteiger partial charge on any atom is 0.155 e. The van der Waals surface area contributed by atoms with E-state index >= 15 is 0 Å². The first kappa shape index (κ1) is 10.7. The number of aliphatic hydroxyl groups is 1. The number of Topliss-reactive ketones (excluding diaryl/α,β-unsaturated/α-hetero) is 1. The molecule has 0 saturated carbocycles. The van der Waals surface area contributed by atoms with Gasteiger partial charge in [-0.3, -0.25) is 4.79 Å². The molecule has 1 saturated heterocycles. The molecule has 0 aromatic rings. The third-order valence-corrected chi connectivity index (χ3v) is 2.81. The van der Waals surface area contributed by atoms with Crippen LogP contribution in [0.15, 0.2) is 0 Å². The Balaban J connectivity index is 2.64. The highest BCUT2D eigenvalue weighted by molar-refractivity contribution is 5.78. The van der Waals surface area contributed by atoms with E-state index in [9.17, 15) is 9.90 Å². The first-order valence-electron chi connectivity index (χ1n) is 4.90. The third-order valence-electron chi connectivity index (χ3n) is 2.81. The lowest BCUT2D eigenvalue weighted by Crippen LogP contribution is -2.30. The van der Waals surface area contributed by atoms with Crippen LogP contribution in [0, 0.1) is 11.8 Å². The lowest BCUT2D eigenvalue weighted by molar-refractivity contribution is -0.135. The van der Waals surface area contributed by atoms with Gasteiger partial charge in [-0.15, -0.1) is 0 Å². The van der Waals surface area contributed by atoms with Crippen molar-refractivity contribution in [3.05, 3.63) is 0 Å². The topological polar surface area (TPSA) is 46.5 Å². The molecule has 0 spiro atoms. The molecule has 0 amide bonds. The van der Waals surface area contributed by atoms with Crippen LogP contribution in [0.1, 0.15) is 33.6 Å². The second-order valence-corrected chi connectivity index (χ2v) is 3.89. The molecule has 2 unspecified atom stereocenters. The van der Waals surface area contributed by atoms with Crippen LogP contribution in [0.4, 0.5) is 0 Å². The van der Waals surface area contributed by atoms with Gasteiger partial charge in [0.2, 0.25) is 0 Å². The van der Waals surface area contributed by atoms with E-state index < -0.39 is 6.29 Å². The van der Waals surface area contributed by atoms with Crippen molar-refractivity contribution in [2.24, 2.45) is 11.8 Å². The van der Waals surface area contributed by atoms with Gasteiger partial charge in [-0.25, -0.2) is 0 Å². The van der Waals surface area contributed by atoms with Gasteiger partial charge in [0.05, 0.1) is 6.10 Å². The second kappa shape index (κ2) is 4.20. The van der Waals surface area contributed by atoms with Gasteiger partial charge in [0, 0.05) is 12.3 Å². The van der Waals surface area contributed by atoms with Crippen molar-refractivity contribution < 1.29 is 14.6 Å². The fourth-order valence-corrected chi connectivity index (χ4v) is 2.07. The summed E-state index contributed by atoms with van der Waals surface area (Å²) < 4.78 is 5.32. The number of ether oxygens (including phenoxy) is 1. The zero-order chi connectivity index (χ0) is 10.0. The van der Waals surface area contributed by atoms with Gasteiger partial charge in [-0.05, 0) is 19.3 Å². The highest BCUT2D eigenvalue weighted by atomic mass is 16.6. The van der Waals surface area contributed by atoms with E-state index in [1.807, 2.05) is 13.8 Å². The zero-order valence-corrected chi connectivity index (χ0v) is 8.49. The van der Waals surface area contributed by atoms with Crippen molar-refractivity contribution in [1.29, 1.82) is 0 Å². The van der Waals surface area contributed by atoms with E-state index in [2.05, 4.69) is 0 Å². The van der Waals surface area contributed by atoms with Crippen molar-refractivity contribution in [3.63, 3.8) is 0 Å². The number of ketones is 1. The maximum atomic E-state index is 11.3. The fraction of sp³-hybridized carbons (Fsp3) is 0.900. The van der Waals surface area contributed by atoms with Crippen LogP contribution in [0.2, 0.25) is 0 Å². The van der Waals surface area contributed by atoms with Gasteiger partial charge < -0.3 is 9.84 Å². The van der Waals surface area contributed by atoms with Crippen molar-refractivity contribution in [2.45, 2.75) is 46.0 Å². The van der Waals surface area contributed by atoms with E-state index in [0.717, 1.165) is 6.42 Å². The molecular formula is C10H18O3. The van der Waals surface area contributed by atoms with Crippen LogP contribution in [-0.2, 0) is 9.53 Å². The molecule has 1 N–H and O–H groups in total. The van der Waals surface area contributed by atoms with Gasteiger partial charge in [0.15, 0.2) is 6.29 Å². The highest BCUT2D eigenvalue weighted by Crippen LogP contribution is 2.31. The fourth-order valence-electron chi connectivity index (χ4n) is 2.07. The molecule has 1 fully saturated rings. The Hall–Kier alpha value is -0.410. The molecular weight excluding hydrogens is 168 g/mol. The summed E-state index contributed by atoms with van der Waals surface area (Å²) in [6, 6.07) is 0. The molecule has 76 valence electrons. The van der Waals surface area contributed by atoms with Gasteiger partial charge in [-0.1, -0.05) is 13.8 Å². The summed E-state index contributed by atoms with van der Waals surface area (Å²) in [4.78, 5) is 11.3. The van der Waals surface area contributed by atoms with E-state index in [1.165, 1.54) is 0 Å². The maximum absolute atomic E-state index is 11.3. The quantitative estimate of drug-likeness (QED) is 0.723. The number of carbonyl (C=O) groups is 1. The summed E-state index contributed by atoms with van der Waals surface area (Å²) in [6.07, 6.45) is 0.678. The molecule has 1 aliphatic rings. The zero-order valence-electron chi connectivity index (χ0n) is 8.49. The van der Waals surface area contributed by atoms with Gasteiger partial charge in [0.1, 0.15) is 5.78 Å². The van der Waals surface area contributed by atoms with Crippen molar-refractivity contribution >= 4 is 5.78 Å². The van der Waals surface area contributed by atoms with Gasteiger partial charge >= 0.3 is 0 Å². The third kappa shape index (κ3) is 2.29. The smallest absolute Gasteiger partial charge is 0.155 e. The molecule has 3 nitrogen and oxygen atoms in total. The molecule has 0 radical (unpaired) electrons. The Morgan fingerprint density at radius 2 is 2.31 bits per heavy atom. The first-order chi connectivity index (χ1) is 6.06. The molecule has 0 aromatic carbocycles. The summed E-state index contributed by atoms with van der Waals surface area (Å²) >= 11 is 0. The van der Waals surface area contributed by atoms with Crippen molar-refractivity contribution in [1.82, 2.24) is 0 Å². The molecule has 0 bridgehead atoms. The van der Waals surface area contributed by atoms with Gasteiger partial charge in [-0.2, -0.15) is 0 Å². The van der Waals surface area contributed by atoms with Crippen molar-refractivity contribution in [2.75, 3.05) is 0 Å². The van der Waals surface area contributed by atoms with E-state index in [-0.39, 0.29) is 23.7 Å². The van der Waals surface area contributed by atoms with Crippen LogP contribution in [0.5, 0.6) is 0 Å². The predicted octanol–water partition coefficient (Wildman–Crippen LogP) is 1.34. The predicted molar refractivity (Wildman–Crippen MR) is 49.1 cm³/mol. The Morgan fingerprint density at radius 1 is 1.69 bits per heavy atom. The lowest BCUT2D eigenvalue weighted by atomic mass is 9.87. The summed E-state index contributed by atoms with van der Waals surface area (Å²) in [5.74, 6) is 0.393. The van der Waals surface area contributed by atoms with E-state index in [0.29, 0.717) is 6.42 Å². The summed E-state index contributed by atoms with van der Waals surface area (Å²) in [7, 11) is 0. The van der Waals surface area contributed by atoms with Crippen LogP contribution in [0.3, 0.4) is 0 Å². The van der Waals surface area contributed by atoms with Crippen LogP contribution in [0.25, 0.3) is 0 Å². The number of aliphatic hydroxyl groups excluding tert-OH is 1. The van der Waals surface area contributed by atoms with Crippen LogP contribution >= 0.6 is 0 Å². The molecule has 13 heavy (non-hydrogen) atoms. The molecule has 4 atom stereocenters. The number of rotatable bonds is 3. The highest BCUT2D eigenvalue weighted by Gasteiger charge is 2.37. The Morgan fingerprint density at radius 3 is 2.62 bits per heavy atom. The Kier molecular flexibility index (Phi) is 3.45. The average molecular weight is 186 g/mol. The number of hydrogen-bond acceptors (Lipinski definition) is 3. The molecule has 3 heteroatoms. The summed E-state index contributed by atoms with van der Waals surface area (Å²) in [5.41, 5.74) is 0. The minimum Gasteiger partial charge on any atom is -0.368 e. The second-order valence-electron chi connectivity index (χ2n) is 3.89. The first-order valence-corrected chi connectivity index (χ1v) is 4.90. The average Bonchev–Trinajstić information content (AvgIpc) is 2.31. The summed E-state index contributed by atoms with van der Waals surface area (Å²) in [5, 5.41) is 9.26. The van der Waals surface area contributed by atoms with Crippen molar-refractivity contribution in [3.8, 4) is 0 Å². The lowest BCUT2D eigenvalue weighted by Gasteiger charge is -2.22. The normalized spacial score (nSPS) is 36.2. The minimum absolute atomic E-state index is 0.0489. The molecule has 1 rings (SSSR count). The Bertz CT molecular complexity index is 191. The molecule has 1 heterocycles. The number of carbonyl (C=O) groups excluding carboxylic acids is 1. The monoisotopic (exact) mass is 186 g/mol. The molecule has 1 aliphatic heterocycles. The molecule has 0 aliphatic carbocycles. The molecule has 0 aromatic heterocycles.